The molecule has 0 aromatic rings. The van der Waals surface area contributed by atoms with Crippen molar-refractivity contribution >= 4 is 5.78 Å². The summed E-state index contributed by atoms with van der Waals surface area (Å²) in [6.45, 7) is 9.59. The van der Waals surface area contributed by atoms with E-state index in [1.54, 1.807) is 0 Å². The molecule has 92 valence electrons. The average molecular weight is 223 g/mol. The topological polar surface area (TPSA) is 20.3 Å². The van der Waals surface area contributed by atoms with Crippen molar-refractivity contribution in [2.24, 2.45) is 11.3 Å². The third-order valence-electron chi connectivity index (χ3n) is 4.16. The molecule has 0 bridgehead atoms. The monoisotopic (exact) mass is 223 g/mol. The van der Waals surface area contributed by atoms with E-state index in [0.29, 0.717) is 11.8 Å². The van der Waals surface area contributed by atoms with Crippen LogP contribution in [0.5, 0.6) is 0 Å². The van der Waals surface area contributed by atoms with Gasteiger partial charge in [0.25, 0.3) is 0 Å². The van der Waals surface area contributed by atoms with Crippen molar-refractivity contribution in [3.63, 3.8) is 0 Å². The highest BCUT2D eigenvalue weighted by molar-refractivity contribution is 5.89. The van der Waals surface area contributed by atoms with Crippen LogP contribution in [-0.2, 0) is 4.79 Å². The Balaban J connectivity index is 2.05. The van der Waals surface area contributed by atoms with Gasteiger partial charge in [-0.2, -0.15) is 0 Å². The van der Waals surface area contributed by atoms with Crippen molar-refractivity contribution in [1.82, 2.24) is 4.90 Å². The maximum atomic E-state index is 12.4. The first kappa shape index (κ1) is 12.1. The summed E-state index contributed by atoms with van der Waals surface area (Å²) in [5.41, 5.74) is -0.184. The van der Waals surface area contributed by atoms with E-state index in [9.17, 15) is 4.79 Å². The Morgan fingerprint density at radius 3 is 2.38 bits per heavy atom. The molecule has 1 heterocycles. The molecule has 0 aromatic carbocycles. The minimum absolute atomic E-state index is 0.184. The van der Waals surface area contributed by atoms with Crippen LogP contribution in [0.3, 0.4) is 0 Å². The number of ketones is 1. The molecule has 2 atom stereocenters. The van der Waals surface area contributed by atoms with Crippen molar-refractivity contribution in [2.45, 2.75) is 65.5 Å². The average Bonchev–Trinajstić information content (AvgIpc) is 2.92. The Labute approximate surface area is 99.4 Å². The number of rotatable bonds is 3. The van der Waals surface area contributed by atoms with E-state index < -0.39 is 0 Å². The number of carbonyl (C=O) groups is 1. The molecule has 2 aliphatic rings. The Kier molecular flexibility index (Phi) is 3.13. The van der Waals surface area contributed by atoms with Crippen molar-refractivity contribution in [2.75, 3.05) is 6.54 Å². The number of hydrogen-bond donors (Lipinski definition) is 0. The Hall–Kier alpha value is -0.370. The molecular weight excluding hydrogens is 198 g/mol. The molecule has 0 amide bonds. The molecule has 2 nitrogen and oxygen atoms in total. The Morgan fingerprint density at radius 2 is 1.88 bits per heavy atom. The summed E-state index contributed by atoms with van der Waals surface area (Å²) in [5, 5.41) is 0. The summed E-state index contributed by atoms with van der Waals surface area (Å²) in [6.07, 6.45) is 5.01. The first-order valence-electron chi connectivity index (χ1n) is 6.71. The van der Waals surface area contributed by atoms with Gasteiger partial charge in [-0.05, 0) is 45.1 Å². The van der Waals surface area contributed by atoms with E-state index in [0.717, 1.165) is 18.9 Å². The van der Waals surface area contributed by atoms with Gasteiger partial charge in [0.15, 0.2) is 5.78 Å². The lowest BCUT2D eigenvalue weighted by Crippen LogP contribution is -2.46. The van der Waals surface area contributed by atoms with Crippen LogP contribution in [0.1, 0.15) is 53.4 Å². The molecule has 1 saturated heterocycles. The second-order valence-corrected chi connectivity index (χ2v) is 6.59. The van der Waals surface area contributed by atoms with E-state index >= 15 is 0 Å². The first-order chi connectivity index (χ1) is 7.41. The largest absolute Gasteiger partial charge is 0.297 e. The van der Waals surface area contributed by atoms with Crippen LogP contribution < -0.4 is 0 Å². The van der Waals surface area contributed by atoms with E-state index in [-0.39, 0.29) is 11.5 Å². The minimum Gasteiger partial charge on any atom is -0.297 e. The summed E-state index contributed by atoms with van der Waals surface area (Å²) >= 11 is 0. The third kappa shape index (κ3) is 2.32. The summed E-state index contributed by atoms with van der Waals surface area (Å²) in [7, 11) is 0. The zero-order chi connectivity index (χ0) is 11.9. The standard InChI is InChI=1S/C14H25NO/c1-10(11-7-8-11)15-9-5-6-12(15)13(16)14(2,3)4/h10-12H,5-9H2,1-4H3/t10?,12-/m1/s1. The van der Waals surface area contributed by atoms with Crippen LogP contribution in [-0.4, -0.2) is 29.3 Å². The lowest BCUT2D eigenvalue weighted by atomic mass is 9.85. The zero-order valence-electron chi connectivity index (χ0n) is 11.1. The van der Waals surface area contributed by atoms with Gasteiger partial charge in [-0.25, -0.2) is 0 Å². The van der Waals surface area contributed by atoms with Crippen LogP contribution in [0.15, 0.2) is 0 Å². The van der Waals surface area contributed by atoms with Gasteiger partial charge in [0.1, 0.15) is 0 Å². The molecule has 1 saturated carbocycles. The van der Waals surface area contributed by atoms with E-state index in [1.165, 1.54) is 19.3 Å². The van der Waals surface area contributed by atoms with Crippen molar-refractivity contribution in [3.05, 3.63) is 0 Å². The van der Waals surface area contributed by atoms with Gasteiger partial charge in [-0.1, -0.05) is 20.8 Å². The fraction of sp³-hybridized carbons (Fsp3) is 0.929. The lowest BCUT2D eigenvalue weighted by Gasteiger charge is -2.33. The van der Waals surface area contributed by atoms with Crippen molar-refractivity contribution in [3.8, 4) is 0 Å². The number of nitrogens with zero attached hydrogens (tertiary/aromatic N) is 1. The molecule has 1 aliphatic carbocycles. The van der Waals surface area contributed by atoms with E-state index in [4.69, 9.17) is 0 Å². The van der Waals surface area contributed by atoms with Crippen molar-refractivity contribution < 1.29 is 4.79 Å². The Morgan fingerprint density at radius 1 is 1.25 bits per heavy atom. The van der Waals surface area contributed by atoms with Gasteiger partial charge in [0.05, 0.1) is 6.04 Å². The maximum Gasteiger partial charge on any atom is 0.155 e. The second-order valence-electron chi connectivity index (χ2n) is 6.59. The first-order valence-corrected chi connectivity index (χ1v) is 6.71. The molecular formula is C14H25NO. The third-order valence-corrected chi connectivity index (χ3v) is 4.16. The zero-order valence-corrected chi connectivity index (χ0v) is 11.1. The van der Waals surface area contributed by atoms with Crippen molar-refractivity contribution in [1.29, 1.82) is 0 Å². The number of Topliss-reactive ketones (excluding diaryl/α,β-unsaturated/α-hetero) is 1. The quantitative estimate of drug-likeness (QED) is 0.733. The SMILES string of the molecule is CC(C1CC1)N1CCC[C@@H]1C(=O)C(C)(C)C. The van der Waals surface area contributed by atoms with Crippen LogP contribution in [0.25, 0.3) is 0 Å². The highest BCUT2D eigenvalue weighted by Crippen LogP contribution is 2.38. The highest BCUT2D eigenvalue weighted by Gasteiger charge is 2.42. The molecule has 2 fully saturated rings. The summed E-state index contributed by atoms with van der Waals surface area (Å²) in [5.74, 6) is 1.31. The highest BCUT2D eigenvalue weighted by atomic mass is 16.1. The number of likely N-dealkylation sites (tertiary alicyclic amines) is 1. The summed E-state index contributed by atoms with van der Waals surface area (Å²) in [4.78, 5) is 14.9. The second kappa shape index (κ2) is 4.14. The smallest absolute Gasteiger partial charge is 0.155 e. The maximum absolute atomic E-state index is 12.4. The molecule has 2 heteroatoms. The lowest BCUT2D eigenvalue weighted by molar-refractivity contribution is -0.131. The van der Waals surface area contributed by atoms with Crippen LogP contribution in [0, 0.1) is 11.3 Å². The fourth-order valence-corrected chi connectivity index (χ4v) is 2.91. The predicted molar refractivity (Wildman–Crippen MR) is 66.4 cm³/mol. The normalized spacial score (nSPS) is 29.4. The Bertz CT molecular complexity index is 275. The van der Waals surface area contributed by atoms with E-state index in [2.05, 4.69) is 11.8 Å². The van der Waals surface area contributed by atoms with Crippen LogP contribution in [0.4, 0.5) is 0 Å². The van der Waals surface area contributed by atoms with Crippen LogP contribution in [0.2, 0.25) is 0 Å². The predicted octanol–water partition coefficient (Wildman–Crippen LogP) is 2.86. The van der Waals surface area contributed by atoms with E-state index in [1.807, 2.05) is 20.8 Å². The van der Waals surface area contributed by atoms with Crippen LogP contribution >= 0.6 is 0 Å². The minimum atomic E-state index is -0.184. The molecule has 0 N–H and O–H groups in total. The molecule has 16 heavy (non-hydrogen) atoms. The molecule has 0 radical (unpaired) electrons. The summed E-state index contributed by atoms with van der Waals surface area (Å²) in [6, 6.07) is 0.828. The molecule has 2 rings (SSSR count). The molecule has 1 aliphatic heterocycles. The van der Waals surface area contributed by atoms with Gasteiger partial charge in [0, 0.05) is 11.5 Å². The van der Waals surface area contributed by atoms with Gasteiger partial charge in [-0.15, -0.1) is 0 Å². The molecule has 1 unspecified atom stereocenters. The van der Waals surface area contributed by atoms with Gasteiger partial charge in [-0.3, -0.25) is 9.69 Å². The van der Waals surface area contributed by atoms with Gasteiger partial charge in [0.2, 0.25) is 0 Å². The molecule has 0 spiro atoms. The summed E-state index contributed by atoms with van der Waals surface area (Å²) < 4.78 is 0. The molecule has 0 aromatic heterocycles. The number of carbonyl (C=O) groups excluding carboxylic acids is 1. The number of hydrogen-bond acceptors (Lipinski definition) is 2. The van der Waals surface area contributed by atoms with Gasteiger partial charge < -0.3 is 0 Å². The van der Waals surface area contributed by atoms with Gasteiger partial charge >= 0.3 is 0 Å². The fourth-order valence-electron chi connectivity index (χ4n) is 2.91.